The maximum atomic E-state index is 12.0. The fourth-order valence-electron chi connectivity index (χ4n) is 6.44. The van der Waals surface area contributed by atoms with Gasteiger partial charge in [-0.15, -0.1) is 0 Å². The molecule has 120 valence electrons. The number of allylic oxidation sites excluding steroid dienone is 1. The monoisotopic (exact) mass is 290 g/mol. The molecule has 1 N–H and O–H groups in total. The Labute approximate surface area is 131 Å². The van der Waals surface area contributed by atoms with Crippen molar-refractivity contribution >= 4 is 0 Å². The van der Waals surface area contributed by atoms with Crippen molar-refractivity contribution in [3.8, 4) is 0 Å². The fraction of sp³-hybridized carbons (Fsp3) is 0.900. The Kier molecular flexibility index (Phi) is 3.80. The van der Waals surface area contributed by atoms with Crippen LogP contribution in [0.3, 0.4) is 0 Å². The minimum atomic E-state index is -0.446. The van der Waals surface area contributed by atoms with Gasteiger partial charge in [-0.3, -0.25) is 0 Å². The van der Waals surface area contributed by atoms with E-state index in [1.807, 2.05) is 0 Å². The normalized spacial score (nSPS) is 49.8. The Morgan fingerprint density at radius 2 is 2.05 bits per heavy atom. The number of hydrogen-bond donors (Lipinski definition) is 1. The predicted molar refractivity (Wildman–Crippen MR) is 89.0 cm³/mol. The summed E-state index contributed by atoms with van der Waals surface area (Å²) in [6.07, 6.45) is 9.96. The molecule has 0 spiro atoms. The van der Waals surface area contributed by atoms with Gasteiger partial charge in [-0.2, -0.15) is 0 Å². The molecule has 0 aromatic heterocycles. The highest BCUT2D eigenvalue weighted by atomic mass is 16.3. The first-order chi connectivity index (χ1) is 9.86. The van der Waals surface area contributed by atoms with Gasteiger partial charge in [-0.05, 0) is 62.7 Å². The molecule has 6 atom stereocenters. The van der Waals surface area contributed by atoms with E-state index in [0.717, 1.165) is 5.92 Å². The maximum absolute atomic E-state index is 12.0. The van der Waals surface area contributed by atoms with Crippen molar-refractivity contribution in [1.82, 2.24) is 0 Å². The molecule has 2 fully saturated rings. The molecule has 3 rings (SSSR count). The molecule has 0 aliphatic heterocycles. The Hall–Kier alpha value is -0.300. The smallest absolute Gasteiger partial charge is 0.0796 e. The van der Waals surface area contributed by atoms with E-state index >= 15 is 0 Å². The third kappa shape index (κ3) is 1.92. The number of rotatable bonds is 2. The molecule has 0 amide bonds. The van der Waals surface area contributed by atoms with Gasteiger partial charge in [0.1, 0.15) is 0 Å². The lowest BCUT2D eigenvalue weighted by Crippen LogP contribution is -2.61. The Morgan fingerprint density at radius 3 is 2.67 bits per heavy atom. The van der Waals surface area contributed by atoms with Crippen LogP contribution in [0.4, 0.5) is 0 Å². The van der Waals surface area contributed by atoms with Crippen molar-refractivity contribution in [3.63, 3.8) is 0 Å². The van der Waals surface area contributed by atoms with E-state index in [-0.39, 0.29) is 5.41 Å². The Morgan fingerprint density at radius 1 is 1.33 bits per heavy atom. The molecule has 3 aliphatic rings. The largest absolute Gasteiger partial charge is 0.388 e. The SMILES string of the molecule is CC[C@H]1C[C@@H](C(C)C)[C@H]2C=C(C)CCC13CC[C@H](C)[C@@]23O. The van der Waals surface area contributed by atoms with Gasteiger partial charge in [-0.25, -0.2) is 0 Å². The molecule has 0 aromatic carbocycles. The molecule has 3 aliphatic carbocycles. The molecule has 1 nitrogen and oxygen atoms in total. The van der Waals surface area contributed by atoms with Crippen LogP contribution in [-0.2, 0) is 0 Å². The molecule has 0 heterocycles. The number of aliphatic hydroxyl groups is 1. The zero-order valence-corrected chi connectivity index (χ0v) is 14.7. The lowest BCUT2D eigenvalue weighted by atomic mass is 9.48. The second-order valence-corrected chi connectivity index (χ2v) is 8.71. The van der Waals surface area contributed by atoms with Crippen LogP contribution in [0.15, 0.2) is 11.6 Å². The molecular weight excluding hydrogens is 256 g/mol. The highest BCUT2D eigenvalue weighted by Gasteiger charge is 2.67. The van der Waals surface area contributed by atoms with Crippen LogP contribution in [0.2, 0.25) is 0 Å². The minimum absolute atomic E-state index is 0.200. The summed E-state index contributed by atoms with van der Waals surface area (Å²) in [4.78, 5) is 0. The molecule has 1 unspecified atom stereocenters. The van der Waals surface area contributed by atoms with E-state index in [1.165, 1.54) is 44.1 Å². The Bertz CT molecular complexity index is 437. The number of hydrogen-bond acceptors (Lipinski definition) is 1. The summed E-state index contributed by atoms with van der Waals surface area (Å²) in [5.74, 6) is 2.89. The van der Waals surface area contributed by atoms with Gasteiger partial charge in [0.2, 0.25) is 0 Å². The third-order valence-corrected chi connectivity index (χ3v) is 7.66. The van der Waals surface area contributed by atoms with Crippen molar-refractivity contribution in [3.05, 3.63) is 11.6 Å². The van der Waals surface area contributed by atoms with Crippen molar-refractivity contribution < 1.29 is 5.11 Å². The second-order valence-electron chi connectivity index (χ2n) is 8.71. The molecule has 0 saturated heterocycles. The third-order valence-electron chi connectivity index (χ3n) is 7.66. The standard InChI is InChI=1S/C20H34O/c1-6-16-12-17(13(2)3)18-11-14(4)7-9-19(16)10-8-15(5)20(18,19)21/h11,13,15-18,21H,6-10,12H2,1-5H3/t15-,16-,17-,18+,19?,20+/m0/s1. The van der Waals surface area contributed by atoms with E-state index < -0.39 is 5.60 Å². The highest BCUT2D eigenvalue weighted by Crippen LogP contribution is 2.68. The second kappa shape index (κ2) is 5.11. The van der Waals surface area contributed by atoms with Crippen LogP contribution in [0.1, 0.15) is 73.1 Å². The van der Waals surface area contributed by atoms with E-state index in [2.05, 4.69) is 40.7 Å². The first-order valence-corrected chi connectivity index (χ1v) is 9.26. The molecule has 0 aromatic rings. The summed E-state index contributed by atoms with van der Waals surface area (Å²) in [5.41, 5.74) is 1.28. The van der Waals surface area contributed by atoms with Crippen molar-refractivity contribution in [2.45, 2.75) is 78.7 Å². The minimum Gasteiger partial charge on any atom is -0.388 e. The Balaban J connectivity index is 2.16. The van der Waals surface area contributed by atoms with Gasteiger partial charge in [0, 0.05) is 11.3 Å². The summed E-state index contributed by atoms with van der Waals surface area (Å²) in [5, 5.41) is 12.0. The highest BCUT2D eigenvalue weighted by molar-refractivity contribution is 5.25. The van der Waals surface area contributed by atoms with Crippen molar-refractivity contribution in [2.75, 3.05) is 0 Å². The fourth-order valence-corrected chi connectivity index (χ4v) is 6.44. The van der Waals surface area contributed by atoms with E-state index in [9.17, 15) is 5.11 Å². The molecule has 21 heavy (non-hydrogen) atoms. The van der Waals surface area contributed by atoms with Gasteiger partial charge >= 0.3 is 0 Å². The van der Waals surface area contributed by atoms with Crippen LogP contribution in [0.5, 0.6) is 0 Å². The van der Waals surface area contributed by atoms with Gasteiger partial charge in [0.15, 0.2) is 0 Å². The van der Waals surface area contributed by atoms with E-state index in [1.54, 1.807) is 0 Å². The van der Waals surface area contributed by atoms with Gasteiger partial charge in [0.25, 0.3) is 0 Å². The zero-order chi connectivity index (χ0) is 15.4. The average molecular weight is 290 g/mol. The van der Waals surface area contributed by atoms with Crippen molar-refractivity contribution in [2.24, 2.45) is 35.0 Å². The molecule has 1 heteroatoms. The first kappa shape index (κ1) is 15.6. The average Bonchev–Trinajstić information content (AvgIpc) is 2.68. The molecule has 0 radical (unpaired) electrons. The first-order valence-electron chi connectivity index (χ1n) is 9.26. The van der Waals surface area contributed by atoms with Gasteiger partial charge in [0.05, 0.1) is 5.60 Å². The van der Waals surface area contributed by atoms with Crippen LogP contribution in [-0.4, -0.2) is 10.7 Å². The van der Waals surface area contributed by atoms with Crippen LogP contribution in [0.25, 0.3) is 0 Å². The topological polar surface area (TPSA) is 20.2 Å². The van der Waals surface area contributed by atoms with Crippen LogP contribution < -0.4 is 0 Å². The summed E-state index contributed by atoms with van der Waals surface area (Å²) < 4.78 is 0. The summed E-state index contributed by atoms with van der Waals surface area (Å²) in [7, 11) is 0. The summed E-state index contributed by atoms with van der Waals surface area (Å²) in [6.45, 7) is 11.7. The quantitative estimate of drug-likeness (QED) is 0.694. The van der Waals surface area contributed by atoms with Crippen LogP contribution in [0, 0.1) is 35.0 Å². The van der Waals surface area contributed by atoms with E-state index in [4.69, 9.17) is 0 Å². The molecular formula is C20H34O. The van der Waals surface area contributed by atoms with E-state index in [0.29, 0.717) is 23.7 Å². The maximum Gasteiger partial charge on any atom is 0.0796 e. The van der Waals surface area contributed by atoms with Crippen molar-refractivity contribution in [1.29, 1.82) is 0 Å². The lowest BCUT2D eigenvalue weighted by molar-refractivity contribution is -0.193. The van der Waals surface area contributed by atoms with Gasteiger partial charge < -0.3 is 5.11 Å². The summed E-state index contributed by atoms with van der Waals surface area (Å²) >= 11 is 0. The molecule has 2 saturated carbocycles. The van der Waals surface area contributed by atoms with Gasteiger partial charge in [-0.1, -0.05) is 45.8 Å². The predicted octanol–water partition coefficient (Wildman–Crippen LogP) is 5.19. The molecule has 2 bridgehead atoms. The zero-order valence-electron chi connectivity index (χ0n) is 14.7. The summed E-state index contributed by atoms with van der Waals surface area (Å²) in [6, 6.07) is 0. The lowest BCUT2D eigenvalue weighted by Gasteiger charge is -2.59. The van der Waals surface area contributed by atoms with Crippen LogP contribution >= 0.6 is 0 Å².